The van der Waals surface area contributed by atoms with Gasteiger partial charge in [0.15, 0.2) is 0 Å². The van der Waals surface area contributed by atoms with Gasteiger partial charge in [0.25, 0.3) is 0 Å². The predicted octanol–water partition coefficient (Wildman–Crippen LogP) is 3.41. The molecule has 0 fully saturated rings. The molecule has 0 bridgehead atoms. The highest BCUT2D eigenvalue weighted by Gasteiger charge is 2.13. The van der Waals surface area contributed by atoms with Crippen molar-refractivity contribution >= 4 is 23.4 Å². The average molecular weight is 287 g/mol. The molecule has 0 aromatic heterocycles. The Morgan fingerprint density at radius 3 is 2.50 bits per heavy atom. The lowest BCUT2D eigenvalue weighted by atomic mass is 10.1. The largest absolute Gasteiger partial charge is 0.329 e. The molecule has 1 atom stereocenters. The summed E-state index contributed by atoms with van der Waals surface area (Å²) >= 11 is 8.11. The third-order valence-corrected chi connectivity index (χ3v) is 4.70. The maximum absolute atomic E-state index is 6.21. The lowest BCUT2D eigenvalue weighted by molar-refractivity contribution is 0.324. The van der Waals surface area contributed by atoms with Crippen LogP contribution in [0.4, 0.5) is 0 Å². The fraction of sp³-hybridized carbons (Fsp3) is 0.571. The molecule has 102 valence electrons. The second-order valence-electron chi connectivity index (χ2n) is 4.14. The fourth-order valence-corrected chi connectivity index (χ4v) is 3.39. The quantitative estimate of drug-likeness (QED) is 0.794. The molecule has 0 heterocycles. The van der Waals surface area contributed by atoms with E-state index in [1.165, 1.54) is 0 Å². The minimum atomic E-state index is 0.300. The zero-order chi connectivity index (χ0) is 13.4. The van der Waals surface area contributed by atoms with Crippen LogP contribution in [0, 0.1) is 0 Å². The maximum Gasteiger partial charge on any atom is 0.0449 e. The van der Waals surface area contributed by atoms with Gasteiger partial charge in [-0.3, -0.25) is 0 Å². The molecule has 1 unspecified atom stereocenters. The lowest BCUT2D eigenvalue weighted by Crippen LogP contribution is -2.26. The first-order valence-electron chi connectivity index (χ1n) is 6.51. The number of benzene rings is 1. The smallest absolute Gasteiger partial charge is 0.0449 e. The van der Waals surface area contributed by atoms with Gasteiger partial charge < -0.3 is 10.6 Å². The molecule has 0 aliphatic carbocycles. The Kier molecular flexibility index (Phi) is 7.75. The van der Waals surface area contributed by atoms with Crippen molar-refractivity contribution in [2.75, 3.05) is 31.9 Å². The molecule has 2 nitrogen and oxygen atoms in total. The molecule has 0 spiro atoms. The molecular weight excluding hydrogens is 264 g/mol. The molecule has 1 aromatic rings. The van der Waals surface area contributed by atoms with E-state index >= 15 is 0 Å². The molecule has 0 amide bonds. The van der Waals surface area contributed by atoms with Gasteiger partial charge in [-0.25, -0.2) is 0 Å². The van der Waals surface area contributed by atoms with Crippen molar-refractivity contribution in [1.82, 2.24) is 4.90 Å². The van der Waals surface area contributed by atoms with Gasteiger partial charge in [-0.05, 0) is 24.7 Å². The zero-order valence-corrected chi connectivity index (χ0v) is 12.8. The van der Waals surface area contributed by atoms with Crippen molar-refractivity contribution in [2.45, 2.75) is 19.1 Å². The molecule has 0 radical (unpaired) electrons. The fourth-order valence-electron chi connectivity index (χ4n) is 1.88. The van der Waals surface area contributed by atoms with E-state index in [2.05, 4.69) is 24.8 Å². The van der Waals surface area contributed by atoms with E-state index in [0.29, 0.717) is 11.8 Å². The molecular formula is C14H23ClN2S. The van der Waals surface area contributed by atoms with E-state index in [1.807, 2.05) is 30.0 Å². The number of nitrogens with zero attached hydrogens (tertiary/aromatic N) is 1. The van der Waals surface area contributed by atoms with E-state index in [1.54, 1.807) is 0 Å². The Morgan fingerprint density at radius 2 is 1.94 bits per heavy atom. The Balaban J connectivity index is 2.50. The first-order valence-corrected chi connectivity index (χ1v) is 7.94. The normalized spacial score (nSPS) is 12.9. The Morgan fingerprint density at radius 1 is 1.28 bits per heavy atom. The first kappa shape index (κ1) is 15.8. The van der Waals surface area contributed by atoms with E-state index in [-0.39, 0.29) is 0 Å². The highest BCUT2D eigenvalue weighted by molar-refractivity contribution is 7.99. The monoisotopic (exact) mass is 286 g/mol. The molecule has 4 heteroatoms. The number of hydrogen-bond acceptors (Lipinski definition) is 3. The maximum atomic E-state index is 6.21. The summed E-state index contributed by atoms with van der Waals surface area (Å²) < 4.78 is 0. The molecule has 1 aromatic carbocycles. The summed E-state index contributed by atoms with van der Waals surface area (Å²) in [6, 6.07) is 7.99. The van der Waals surface area contributed by atoms with Gasteiger partial charge in [0.2, 0.25) is 0 Å². The van der Waals surface area contributed by atoms with Crippen molar-refractivity contribution < 1.29 is 0 Å². The molecule has 0 aliphatic heterocycles. The van der Waals surface area contributed by atoms with Gasteiger partial charge in [0.05, 0.1) is 0 Å². The Labute approximate surface area is 120 Å². The summed E-state index contributed by atoms with van der Waals surface area (Å²) in [6.45, 7) is 8.35. The van der Waals surface area contributed by atoms with Gasteiger partial charge in [-0.2, -0.15) is 11.8 Å². The second kappa shape index (κ2) is 8.81. The van der Waals surface area contributed by atoms with Crippen LogP contribution in [0.15, 0.2) is 24.3 Å². The van der Waals surface area contributed by atoms with Crippen LogP contribution in [0.2, 0.25) is 5.02 Å². The van der Waals surface area contributed by atoms with Crippen LogP contribution in [0.25, 0.3) is 0 Å². The van der Waals surface area contributed by atoms with Crippen molar-refractivity contribution in [3.63, 3.8) is 0 Å². The number of rotatable bonds is 8. The zero-order valence-electron chi connectivity index (χ0n) is 11.2. The van der Waals surface area contributed by atoms with Crippen LogP contribution in [-0.4, -0.2) is 36.8 Å². The first-order chi connectivity index (χ1) is 8.72. The standard InChI is InChI=1S/C14H23ClN2S/c1-3-17(4-2)9-10-18-14(11-16)12-7-5-6-8-13(12)15/h5-8,14H,3-4,9-11,16H2,1-2H3. The van der Waals surface area contributed by atoms with Crippen molar-refractivity contribution in [2.24, 2.45) is 5.73 Å². The Hall–Kier alpha value is -0.220. The van der Waals surface area contributed by atoms with Crippen molar-refractivity contribution in [1.29, 1.82) is 0 Å². The van der Waals surface area contributed by atoms with Gasteiger partial charge >= 0.3 is 0 Å². The lowest BCUT2D eigenvalue weighted by Gasteiger charge is -2.20. The molecule has 0 saturated carbocycles. The third-order valence-electron chi connectivity index (χ3n) is 3.09. The van der Waals surface area contributed by atoms with Gasteiger partial charge in [0.1, 0.15) is 0 Å². The number of halogens is 1. The third kappa shape index (κ3) is 4.81. The molecule has 2 N–H and O–H groups in total. The number of nitrogens with two attached hydrogens (primary N) is 1. The van der Waals surface area contributed by atoms with Gasteiger partial charge in [-0.1, -0.05) is 43.6 Å². The van der Waals surface area contributed by atoms with Crippen molar-refractivity contribution in [3.05, 3.63) is 34.9 Å². The summed E-state index contributed by atoms with van der Waals surface area (Å²) in [6.07, 6.45) is 0. The number of hydrogen-bond donors (Lipinski definition) is 1. The summed E-state index contributed by atoms with van der Waals surface area (Å²) in [4.78, 5) is 2.42. The SMILES string of the molecule is CCN(CC)CCSC(CN)c1ccccc1Cl. The summed E-state index contributed by atoms with van der Waals surface area (Å²) in [5.74, 6) is 1.09. The van der Waals surface area contributed by atoms with Gasteiger partial charge in [-0.15, -0.1) is 0 Å². The minimum absolute atomic E-state index is 0.300. The minimum Gasteiger partial charge on any atom is -0.329 e. The topological polar surface area (TPSA) is 29.3 Å². The highest BCUT2D eigenvalue weighted by Crippen LogP contribution is 2.32. The Bertz CT molecular complexity index is 342. The highest BCUT2D eigenvalue weighted by atomic mass is 35.5. The van der Waals surface area contributed by atoms with Crippen LogP contribution in [-0.2, 0) is 0 Å². The van der Waals surface area contributed by atoms with Crippen LogP contribution in [0.3, 0.4) is 0 Å². The summed E-state index contributed by atoms with van der Waals surface area (Å²) in [5, 5.41) is 1.12. The van der Waals surface area contributed by atoms with E-state index < -0.39 is 0 Å². The summed E-state index contributed by atoms with van der Waals surface area (Å²) in [7, 11) is 0. The summed E-state index contributed by atoms with van der Waals surface area (Å²) in [5.41, 5.74) is 7.02. The molecule has 0 aliphatic rings. The molecule has 0 saturated heterocycles. The average Bonchev–Trinajstić information content (AvgIpc) is 2.40. The van der Waals surface area contributed by atoms with Crippen LogP contribution >= 0.6 is 23.4 Å². The van der Waals surface area contributed by atoms with Crippen LogP contribution < -0.4 is 5.73 Å². The predicted molar refractivity (Wildman–Crippen MR) is 83.5 cm³/mol. The van der Waals surface area contributed by atoms with E-state index in [0.717, 1.165) is 36.0 Å². The van der Waals surface area contributed by atoms with Crippen molar-refractivity contribution in [3.8, 4) is 0 Å². The van der Waals surface area contributed by atoms with Crippen LogP contribution in [0.1, 0.15) is 24.7 Å². The van der Waals surface area contributed by atoms with E-state index in [4.69, 9.17) is 17.3 Å². The molecule has 18 heavy (non-hydrogen) atoms. The van der Waals surface area contributed by atoms with Gasteiger partial charge in [0, 0.05) is 29.1 Å². The second-order valence-corrected chi connectivity index (χ2v) is 5.86. The van der Waals surface area contributed by atoms with E-state index in [9.17, 15) is 0 Å². The molecule has 1 rings (SSSR count). The number of thioether (sulfide) groups is 1. The van der Waals surface area contributed by atoms with Crippen LogP contribution in [0.5, 0.6) is 0 Å².